The van der Waals surface area contributed by atoms with Gasteiger partial charge in [0.25, 0.3) is 0 Å². The number of halogens is 9. The van der Waals surface area contributed by atoms with E-state index in [0.717, 1.165) is 0 Å². The van der Waals surface area contributed by atoms with Crippen molar-refractivity contribution in [3.63, 3.8) is 0 Å². The molecule has 136 valence electrons. The minimum Gasteiger partial charge on any atom is -0.475 e. The first-order valence-corrected chi connectivity index (χ1v) is 3.73. The maximum atomic E-state index is 10.6. The van der Waals surface area contributed by atoms with Crippen LogP contribution in [0.3, 0.4) is 0 Å². The predicted octanol–water partition coefficient (Wildman–Crippen LogP) is 1.07. The van der Waals surface area contributed by atoms with Gasteiger partial charge in [-0.05, 0) is 0 Å². The normalized spacial score (nSPS) is 10.3. The molecule has 0 aromatic carbocycles. The van der Waals surface area contributed by atoms with Gasteiger partial charge < -0.3 is 20.8 Å². The topological polar surface area (TPSA) is 143 Å². The SMILES string of the molecule is O.O=C(O)C(F)(F)F.O=C(O)C(F)(F)F.O=C(O)C(F)(F)F.[Zn]. The first kappa shape index (κ1) is 33.1. The van der Waals surface area contributed by atoms with Crippen LogP contribution in [0.15, 0.2) is 0 Å². The third-order valence-electron chi connectivity index (χ3n) is 0.728. The molecule has 0 aromatic heterocycles. The van der Waals surface area contributed by atoms with Crippen LogP contribution in [0.2, 0.25) is 0 Å². The van der Waals surface area contributed by atoms with Crippen molar-refractivity contribution in [3.8, 4) is 0 Å². The number of aliphatic carboxylic acids is 3. The summed E-state index contributed by atoms with van der Waals surface area (Å²) < 4.78 is 95.2. The van der Waals surface area contributed by atoms with E-state index >= 15 is 0 Å². The summed E-state index contributed by atoms with van der Waals surface area (Å²) in [6.07, 6.45) is -15.3. The summed E-state index contributed by atoms with van der Waals surface area (Å²) in [7, 11) is 0. The summed E-state index contributed by atoms with van der Waals surface area (Å²) in [5.41, 5.74) is 0. The van der Waals surface area contributed by atoms with Gasteiger partial charge in [-0.25, -0.2) is 14.4 Å². The fourth-order valence-electron chi connectivity index (χ4n) is 0. The Bertz CT molecular complexity index is 315. The van der Waals surface area contributed by atoms with E-state index in [2.05, 4.69) is 0 Å². The number of carboxylic acid groups (broad SMARTS) is 3. The number of carboxylic acids is 3. The number of rotatable bonds is 0. The average Bonchev–Trinajstić information content (AvgIpc) is 2.14. The predicted molar refractivity (Wildman–Crippen MR) is 44.7 cm³/mol. The molecule has 0 aliphatic heterocycles. The summed E-state index contributed by atoms with van der Waals surface area (Å²) in [5, 5.41) is 21.4. The van der Waals surface area contributed by atoms with Gasteiger partial charge in [0.2, 0.25) is 0 Å². The molecular weight excluding hydrogens is 420 g/mol. The fraction of sp³-hybridized carbons (Fsp3) is 0.500. The van der Waals surface area contributed by atoms with E-state index in [1.54, 1.807) is 0 Å². The quantitative estimate of drug-likeness (QED) is 0.391. The van der Waals surface area contributed by atoms with E-state index < -0.39 is 36.4 Å². The molecule has 0 unspecified atom stereocenters. The van der Waals surface area contributed by atoms with Gasteiger partial charge in [0, 0.05) is 19.5 Å². The monoisotopic (exact) mass is 424 g/mol. The summed E-state index contributed by atoms with van der Waals surface area (Å²) in [4.78, 5) is 26.7. The van der Waals surface area contributed by atoms with Crippen molar-refractivity contribution in [3.05, 3.63) is 0 Å². The molecule has 0 heterocycles. The Hall–Kier alpha value is -1.64. The largest absolute Gasteiger partial charge is 0.490 e. The van der Waals surface area contributed by atoms with Crippen LogP contribution in [0.4, 0.5) is 39.5 Å². The van der Waals surface area contributed by atoms with Crippen molar-refractivity contribution in [1.29, 1.82) is 0 Å². The zero-order valence-corrected chi connectivity index (χ0v) is 13.1. The van der Waals surface area contributed by atoms with E-state index in [9.17, 15) is 39.5 Å². The molecule has 0 aliphatic carbocycles. The van der Waals surface area contributed by atoms with Gasteiger partial charge in [-0.15, -0.1) is 0 Å². The Balaban J connectivity index is -0.0000000675. The molecule has 17 heteroatoms. The van der Waals surface area contributed by atoms with Crippen molar-refractivity contribution < 1.29 is 94.2 Å². The zero-order valence-electron chi connectivity index (χ0n) is 10.2. The van der Waals surface area contributed by atoms with Crippen molar-refractivity contribution in [1.82, 2.24) is 0 Å². The van der Waals surface area contributed by atoms with Crippen molar-refractivity contribution >= 4 is 17.9 Å². The molecule has 0 bridgehead atoms. The molecule has 0 saturated heterocycles. The van der Waals surface area contributed by atoms with E-state index in [0.29, 0.717) is 0 Å². The maximum Gasteiger partial charge on any atom is 0.490 e. The number of carbonyl (C=O) groups is 3. The third-order valence-corrected chi connectivity index (χ3v) is 0.728. The van der Waals surface area contributed by atoms with Crippen molar-refractivity contribution in [2.24, 2.45) is 0 Å². The molecule has 0 rings (SSSR count). The van der Waals surface area contributed by atoms with Crippen LogP contribution in [-0.4, -0.2) is 57.2 Å². The van der Waals surface area contributed by atoms with Gasteiger partial charge in [-0.3, -0.25) is 0 Å². The first-order valence-electron chi connectivity index (χ1n) is 3.73. The Labute approximate surface area is 131 Å². The summed E-state index contributed by atoms with van der Waals surface area (Å²) in [5.74, 6) is -8.27. The molecule has 0 amide bonds. The Morgan fingerprint density at radius 2 is 0.565 bits per heavy atom. The number of alkyl halides is 9. The van der Waals surface area contributed by atoms with Crippen LogP contribution >= 0.6 is 0 Å². The molecule has 0 spiro atoms. The zero-order chi connectivity index (χ0) is 18.2. The molecule has 5 N–H and O–H groups in total. The van der Waals surface area contributed by atoms with E-state index in [1.165, 1.54) is 0 Å². The molecule has 0 aliphatic rings. The van der Waals surface area contributed by atoms with Crippen LogP contribution in [0.1, 0.15) is 0 Å². The van der Waals surface area contributed by atoms with Gasteiger partial charge >= 0.3 is 36.4 Å². The average molecular weight is 425 g/mol. The van der Waals surface area contributed by atoms with Crippen molar-refractivity contribution in [2.75, 3.05) is 0 Å². The third kappa shape index (κ3) is 25.6. The van der Waals surface area contributed by atoms with Crippen LogP contribution in [-0.2, 0) is 33.9 Å². The first-order chi connectivity index (χ1) is 8.83. The summed E-state index contributed by atoms with van der Waals surface area (Å²) in [6.45, 7) is 0. The molecule has 0 radical (unpaired) electrons. The van der Waals surface area contributed by atoms with Crippen LogP contribution in [0, 0.1) is 0 Å². The second kappa shape index (κ2) is 11.9. The molecule has 0 aromatic rings. The van der Waals surface area contributed by atoms with E-state index in [1.807, 2.05) is 0 Å². The smallest absolute Gasteiger partial charge is 0.475 e. The molecule has 7 nitrogen and oxygen atoms in total. The van der Waals surface area contributed by atoms with Gasteiger partial charge in [0.05, 0.1) is 0 Å². The summed E-state index contributed by atoms with van der Waals surface area (Å²) >= 11 is 0. The van der Waals surface area contributed by atoms with Crippen molar-refractivity contribution in [2.45, 2.75) is 18.5 Å². The fourth-order valence-corrected chi connectivity index (χ4v) is 0. The maximum absolute atomic E-state index is 10.6. The van der Waals surface area contributed by atoms with E-state index in [-0.39, 0.29) is 25.0 Å². The molecule has 0 fully saturated rings. The van der Waals surface area contributed by atoms with Crippen LogP contribution in [0.25, 0.3) is 0 Å². The van der Waals surface area contributed by atoms with Gasteiger partial charge in [-0.2, -0.15) is 39.5 Å². The number of hydrogen-bond acceptors (Lipinski definition) is 3. The van der Waals surface area contributed by atoms with Gasteiger partial charge in [0.15, 0.2) is 0 Å². The Kier molecular flexibility index (Phi) is 17.1. The van der Waals surface area contributed by atoms with Gasteiger partial charge in [0.1, 0.15) is 0 Å². The minimum atomic E-state index is -5.08. The molecular formula is C6H5F9O7Zn. The molecule has 0 saturated carbocycles. The minimum absolute atomic E-state index is 0. The second-order valence-electron chi connectivity index (χ2n) is 2.41. The van der Waals surface area contributed by atoms with Crippen LogP contribution < -0.4 is 0 Å². The van der Waals surface area contributed by atoms with Gasteiger partial charge in [-0.1, -0.05) is 0 Å². The standard InChI is InChI=1S/3C2HF3O2.H2O.Zn/c3*3-2(4,5)1(6)7;;/h3*(H,6,7);1H2;. The Morgan fingerprint density at radius 3 is 0.565 bits per heavy atom. The summed E-state index contributed by atoms with van der Waals surface area (Å²) in [6, 6.07) is 0. The molecule has 23 heavy (non-hydrogen) atoms. The molecule has 0 atom stereocenters. The second-order valence-corrected chi connectivity index (χ2v) is 2.41. The van der Waals surface area contributed by atoms with E-state index in [4.69, 9.17) is 29.7 Å². The number of hydrogen-bond donors (Lipinski definition) is 3. The Morgan fingerprint density at radius 1 is 0.522 bits per heavy atom. The van der Waals surface area contributed by atoms with Crippen LogP contribution in [0.5, 0.6) is 0 Å².